The largest absolute Gasteiger partial charge is 0.453 e. The number of hydrogen-bond donors (Lipinski definition) is 0. The molecular weight excluding hydrogens is 599 g/mol. The fraction of sp³-hybridized carbons (Fsp3) is 0.500. The Hall–Kier alpha value is -3.65. The van der Waals surface area contributed by atoms with Gasteiger partial charge in [-0.25, -0.2) is 9.59 Å². The van der Waals surface area contributed by atoms with E-state index in [2.05, 4.69) is 0 Å². The third kappa shape index (κ3) is 5.94. The zero-order valence-corrected chi connectivity index (χ0v) is 22.9. The molecule has 2 aromatic carbocycles. The summed E-state index contributed by atoms with van der Waals surface area (Å²) in [4.78, 5) is 27.5. The maximum Gasteiger partial charge on any atom is 0.416 e. The first-order valence-corrected chi connectivity index (χ1v) is 13.2. The molecule has 0 spiro atoms. The van der Waals surface area contributed by atoms with Gasteiger partial charge in [0.05, 0.1) is 36.6 Å². The van der Waals surface area contributed by atoms with Crippen LogP contribution in [0.25, 0.3) is 0 Å². The van der Waals surface area contributed by atoms with Gasteiger partial charge in [-0.05, 0) is 61.1 Å². The van der Waals surface area contributed by atoms with E-state index in [4.69, 9.17) is 9.47 Å². The molecule has 2 unspecified atom stereocenters. The van der Waals surface area contributed by atoms with Crippen molar-refractivity contribution in [1.82, 2.24) is 4.90 Å². The lowest BCUT2D eigenvalue weighted by atomic mass is 9.64. The zero-order valence-electron chi connectivity index (χ0n) is 22.9. The molecular formula is C28H27F9N2O4. The maximum atomic E-state index is 15.3. The fourth-order valence-corrected chi connectivity index (χ4v) is 5.85. The smallest absolute Gasteiger partial charge is 0.416 e. The minimum atomic E-state index is -5.20. The van der Waals surface area contributed by atoms with E-state index in [1.54, 1.807) is 0 Å². The second kappa shape index (κ2) is 11.5. The summed E-state index contributed by atoms with van der Waals surface area (Å²) in [6.07, 6.45) is -18.4. The molecule has 236 valence electrons. The molecule has 2 atom stereocenters. The molecule has 0 saturated heterocycles. The van der Waals surface area contributed by atoms with Crippen molar-refractivity contribution in [1.29, 1.82) is 0 Å². The van der Waals surface area contributed by atoms with Crippen molar-refractivity contribution >= 4 is 17.9 Å². The molecule has 0 aromatic heterocycles. The second-order valence-corrected chi connectivity index (χ2v) is 10.4. The third-order valence-corrected chi connectivity index (χ3v) is 7.95. The Morgan fingerprint density at radius 3 is 2.00 bits per heavy atom. The maximum absolute atomic E-state index is 15.3. The molecule has 15 heteroatoms. The molecule has 1 aliphatic carbocycles. The van der Waals surface area contributed by atoms with Crippen LogP contribution in [0.3, 0.4) is 0 Å². The second-order valence-electron chi connectivity index (χ2n) is 10.4. The Morgan fingerprint density at radius 1 is 0.953 bits per heavy atom. The lowest BCUT2D eigenvalue weighted by Gasteiger charge is -2.56. The molecule has 1 fully saturated rings. The minimum Gasteiger partial charge on any atom is -0.453 e. The standard InChI is InChI=1S/C28H27F9N2O4/c1-3-43-24(41)39-21-10-5-4-9-20(21)22(14-25(39,28(35,36)37)17-7-6-8-17)38(23(40)42-2)15-16-11-18(26(29,30)31)13-19(12-16)27(32,33)34/h4-5,9-13,17,22H,3,6-8,14-15H2,1-2H3. The number of fused-ring (bicyclic) bond motifs is 1. The van der Waals surface area contributed by atoms with Gasteiger partial charge in [0.15, 0.2) is 5.54 Å². The average Bonchev–Trinajstić information content (AvgIpc) is 2.88. The van der Waals surface area contributed by atoms with Gasteiger partial charge in [0.2, 0.25) is 0 Å². The first kappa shape index (κ1) is 32.3. The van der Waals surface area contributed by atoms with Gasteiger partial charge in [-0.3, -0.25) is 9.80 Å². The van der Waals surface area contributed by atoms with Gasteiger partial charge in [-0.15, -0.1) is 0 Å². The summed E-state index contributed by atoms with van der Waals surface area (Å²) >= 11 is 0. The number of nitrogens with zero attached hydrogens (tertiary/aromatic N) is 2. The van der Waals surface area contributed by atoms with Gasteiger partial charge in [-0.1, -0.05) is 24.6 Å². The number of halogens is 9. The first-order chi connectivity index (χ1) is 20.0. The molecule has 1 heterocycles. The van der Waals surface area contributed by atoms with E-state index < -0.39 is 77.9 Å². The van der Waals surface area contributed by atoms with Crippen LogP contribution in [0.15, 0.2) is 42.5 Å². The Morgan fingerprint density at radius 2 is 1.53 bits per heavy atom. The quantitative estimate of drug-likeness (QED) is 0.313. The summed E-state index contributed by atoms with van der Waals surface area (Å²) in [5.41, 5.74) is -7.11. The van der Waals surface area contributed by atoms with Crippen LogP contribution in [0.1, 0.15) is 60.9 Å². The van der Waals surface area contributed by atoms with Crippen LogP contribution >= 0.6 is 0 Å². The van der Waals surface area contributed by atoms with Crippen molar-refractivity contribution < 1.29 is 58.6 Å². The van der Waals surface area contributed by atoms with Crippen LogP contribution in [0, 0.1) is 5.92 Å². The van der Waals surface area contributed by atoms with Crippen LogP contribution in [0.4, 0.5) is 54.8 Å². The average molecular weight is 627 g/mol. The number of rotatable bonds is 5. The number of amides is 2. The van der Waals surface area contributed by atoms with Crippen LogP contribution in [-0.4, -0.2) is 42.5 Å². The van der Waals surface area contributed by atoms with E-state index in [1.807, 2.05) is 0 Å². The Kier molecular flexibility index (Phi) is 8.59. The van der Waals surface area contributed by atoms with E-state index in [-0.39, 0.29) is 36.8 Å². The molecule has 0 N–H and O–H groups in total. The zero-order chi connectivity index (χ0) is 32.0. The molecule has 0 radical (unpaired) electrons. The van der Waals surface area contributed by atoms with Crippen molar-refractivity contribution in [3.63, 3.8) is 0 Å². The Balaban J connectivity index is 1.93. The number of benzene rings is 2. The van der Waals surface area contributed by atoms with Crippen molar-refractivity contribution in [2.75, 3.05) is 18.6 Å². The molecule has 2 aliphatic rings. The summed E-state index contributed by atoms with van der Waals surface area (Å²) in [7, 11) is 0.880. The minimum absolute atomic E-state index is 0.00294. The van der Waals surface area contributed by atoms with Gasteiger partial charge in [-0.2, -0.15) is 39.5 Å². The number of carbonyl (C=O) groups excluding carboxylic acids is 2. The number of carbonyl (C=O) groups is 2. The highest BCUT2D eigenvalue weighted by Crippen LogP contribution is 2.59. The molecule has 1 saturated carbocycles. The Bertz CT molecular complexity index is 1320. The predicted molar refractivity (Wildman–Crippen MR) is 134 cm³/mol. The van der Waals surface area contributed by atoms with Gasteiger partial charge in [0.1, 0.15) is 0 Å². The monoisotopic (exact) mass is 626 g/mol. The number of alkyl halides is 9. The van der Waals surface area contributed by atoms with E-state index in [9.17, 15) is 35.9 Å². The summed E-state index contributed by atoms with van der Waals surface area (Å²) in [5.74, 6) is -1.13. The van der Waals surface area contributed by atoms with Crippen LogP contribution in [0.2, 0.25) is 0 Å². The summed E-state index contributed by atoms with van der Waals surface area (Å²) in [6, 6.07) is 4.46. The number of hydrogen-bond acceptors (Lipinski definition) is 4. The molecule has 2 amide bonds. The van der Waals surface area contributed by atoms with Gasteiger partial charge in [0, 0.05) is 13.0 Å². The van der Waals surface area contributed by atoms with E-state index >= 15 is 13.2 Å². The van der Waals surface area contributed by atoms with Crippen molar-refractivity contribution in [3.05, 3.63) is 64.7 Å². The predicted octanol–water partition coefficient (Wildman–Crippen LogP) is 8.50. The van der Waals surface area contributed by atoms with Crippen molar-refractivity contribution in [2.45, 2.75) is 69.3 Å². The van der Waals surface area contributed by atoms with Crippen molar-refractivity contribution in [3.8, 4) is 0 Å². The molecule has 0 bridgehead atoms. The van der Waals surface area contributed by atoms with E-state index in [0.29, 0.717) is 28.4 Å². The number of para-hydroxylation sites is 1. The molecule has 1 aliphatic heterocycles. The van der Waals surface area contributed by atoms with Crippen LogP contribution in [-0.2, 0) is 28.4 Å². The van der Waals surface area contributed by atoms with Gasteiger partial charge < -0.3 is 9.47 Å². The van der Waals surface area contributed by atoms with Crippen LogP contribution in [0.5, 0.6) is 0 Å². The summed E-state index contributed by atoms with van der Waals surface area (Å²) in [5, 5.41) is 0. The topological polar surface area (TPSA) is 59.1 Å². The Labute approximate surface area is 240 Å². The lowest BCUT2D eigenvalue weighted by Crippen LogP contribution is -2.69. The van der Waals surface area contributed by atoms with E-state index in [0.717, 1.165) is 7.11 Å². The highest BCUT2D eigenvalue weighted by atomic mass is 19.4. The number of methoxy groups -OCH3 is 1. The third-order valence-electron chi connectivity index (χ3n) is 7.95. The SMILES string of the molecule is CCOC(=O)N1c2ccccc2C(N(Cc2cc(C(F)(F)F)cc(C(F)(F)F)c2)C(=O)OC)CC1(C1CCC1)C(F)(F)F. The van der Waals surface area contributed by atoms with Crippen LogP contribution < -0.4 is 4.90 Å². The van der Waals surface area contributed by atoms with E-state index in [1.165, 1.54) is 31.2 Å². The van der Waals surface area contributed by atoms with Crippen molar-refractivity contribution in [2.24, 2.45) is 5.92 Å². The van der Waals surface area contributed by atoms with Gasteiger partial charge in [0.25, 0.3) is 0 Å². The molecule has 4 rings (SSSR count). The molecule has 2 aromatic rings. The highest BCUT2D eigenvalue weighted by molar-refractivity contribution is 5.92. The first-order valence-electron chi connectivity index (χ1n) is 13.2. The van der Waals surface area contributed by atoms with Gasteiger partial charge >= 0.3 is 30.7 Å². The summed E-state index contributed by atoms with van der Waals surface area (Å²) in [6.45, 7) is 0.208. The fourth-order valence-electron chi connectivity index (χ4n) is 5.85. The normalized spacial score (nSPS) is 21.1. The highest BCUT2D eigenvalue weighted by Gasteiger charge is 2.68. The summed E-state index contributed by atoms with van der Waals surface area (Å²) < 4.78 is 137. The molecule has 6 nitrogen and oxygen atoms in total. The lowest BCUT2D eigenvalue weighted by molar-refractivity contribution is -0.216. The number of anilines is 1. The molecule has 43 heavy (non-hydrogen) atoms. The number of ether oxygens (including phenoxy) is 2.